The Kier molecular flexibility index (Phi) is 4.35. The van der Waals surface area contributed by atoms with Gasteiger partial charge in [0.25, 0.3) is 0 Å². The first-order valence-corrected chi connectivity index (χ1v) is 5.69. The molecule has 3 N–H and O–H groups in total. The number of hydrogen-bond donors (Lipinski definition) is 2. The van der Waals surface area contributed by atoms with Gasteiger partial charge in [-0.15, -0.1) is 0 Å². The van der Waals surface area contributed by atoms with Crippen LogP contribution in [0.5, 0.6) is 0 Å². The van der Waals surface area contributed by atoms with Gasteiger partial charge in [0.1, 0.15) is 0 Å². The number of benzene rings is 1. The molecule has 0 amide bonds. The second-order valence-corrected chi connectivity index (χ2v) is 4.51. The van der Waals surface area contributed by atoms with Crippen LogP contribution < -0.4 is 11.1 Å². The lowest BCUT2D eigenvalue weighted by Crippen LogP contribution is -2.24. The van der Waals surface area contributed by atoms with Crippen LogP contribution in [0.1, 0.15) is 39.2 Å². The molecule has 0 bridgehead atoms. The quantitative estimate of drug-likeness (QED) is 0.606. The number of nitrogens with one attached hydrogen (secondary N) is 1. The van der Waals surface area contributed by atoms with Gasteiger partial charge in [0.15, 0.2) is 5.96 Å². The van der Waals surface area contributed by atoms with Crippen molar-refractivity contribution in [2.24, 2.45) is 10.7 Å². The molecule has 3 heteroatoms. The summed E-state index contributed by atoms with van der Waals surface area (Å²) >= 11 is 0. The average molecular weight is 219 g/mol. The maximum Gasteiger partial charge on any atom is 0.193 e. The molecule has 0 aliphatic rings. The average Bonchev–Trinajstić information content (AvgIpc) is 2.16. The monoisotopic (exact) mass is 219 g/mol. The van der Waals surface area contributed by atoms with Gasteiger partial charge in [0.2, 0.25) is 0 Å². The van der Waals surface area contributed by atoms with Crippen LogP contribution in [0.3, 0.4) is 0 Å². The highest BCUT2D eigenvalue weighted by Crippen LogP contribution is 2.18. The number of aliphatic imine (C=N–C) groups is 1. The van der Waals surface area contributed by atoms with Gasteiger partial charge in [-0.05, 0) is 37.5 Å². The van der Waals surface area contributed by atoms with Crippen molar-refractivity contribution < 1.29 is 0 Å². The molecule has 88 valence electrons. The second kappa shape index (κ2) is 5.54. The normalized spacial score (nSPS) is 12.2. The number of nitrogens with two attached hydrogens (primary N) is 1. The molecule has 0 unspecified atom stereocenters. The summed E-state index contributed by atoms with van der Waals surface area (Å²) in [5.41, 5.74) is 8.06. The van der Waals surface area contributed by atoms with E-state index in [1.54, 1.807) is 0 Å². The third-order valence-corrected chi connectivity index (χ3v) is 2.22. The van der Waals surface area contributed by atoms with Crippen LogP contribution in [0, 0.1) is 0 Å². The smallest absolute Gasteiger partial charge is 0.193 e. The van der Waals surface area contributed by atoms with Crippen LogP contribution in [-0.2, 0) is 0 Å². The van der Waals surface area contributed by atoms with E-state index in [0.717, 1.165) is 5.69 Å². The molecular formula is C13H21N3. The fraction of sp³-hybridized carbons (Fsp3) is 0.462. The molecule has 0 aliphatic carbocycles. The Morgan fingerprint density at radius 2 is 1.94 bits per heavy atom. The summed E-state index contributed by atoms with van der Waals surface area (Å²) in [6.07, 6.45) is 0. The van der Waals surface area contributed by atoms with Crippen molar-refractivity contribution in [3.63, 3.8) is 0 Å². The van der Waals surface area contributed by atoms with Crippen LogP contribution in [0.25, 0.3) is 0 Å². The van der Waals surface area contributed by atoms with Gasteiger partial charge in [0.05, 0.1) is 0 Å². The van der Waals surface area contributed by atoms with E-state index in [1.807, 2.05) is 26.0 Å². The minimum Gasteiger partial charge on any atom is -0.370 e. The summed E-state index contributed by atoms with van der Waals surface area (Å²) in [6.45, 7) is 8.34. The topological polar surface area (TPSA) is 50.4 Å². The lowest BCUT2D eigenvalue weighted by atomic mass is 10.0. The highest BCUT2D eigenvalue weighted by molar-refractivity contribution is 5.92. The molecule has 1 aromatic carbocycles. The molecular weight excluding hydrogens is 198 g/mol. The Morgan fingerprint density at radius 3 is 2.50 bits per heavy atom. The van der Waals surface area contributed by atoms with Crippen LogP contribution in [0.4, 0.5) is 5.69 Å². The van der Waals surface area contributed by atoms with E-state index in [2.05, 4.69) is 36.3 Å². The Balaban J connectivity index is 2.78. The molecule has 16 heavy (non-hydrogen) atoms. The second-order valence-electron chi connectivity index (χ2n) is 4.51. The van der Waals surface area contributed by atoms with Crippen molar-refractivity contribution in [2.45, 2.75) is 39.7 Å². The Labute approximate surface area is 97.8 Å². The van der Waals surface area contributed by atoms with E-state index in [-0.39, 0.29) is 6.04 Å². The van der Waals surface area contributed by atoms with Gasteiger partial charge in [0, 0.05) is 11.7 Å². The molecule has 0 saturated carbocycles. The summed E-state index contributed by atoms with van der Waals surface area (Å²) in [5, 5.41) is 3.10. The van der Waals surface area contributed by atoms with Crippen molar-refractivity contribution in [3.05, 3.63) is 29.8 Å². The lowest BCUT2D eigenvalue weighted by Gasteiger charge is -2.10. The number of nitrogens with zero attached hydrogens (tertiary/aromatic N) is 1. The van der Waals surface area contributed by atoms with E-state index >= 15 is 0 Å². The van der Waals surface area contributed by atoms with Crippen LogP contribution >= 0.6 is 0 Å². The highest BCUT2D eigenvalue weighted by atomic mass is 15.1. The van der Waals surface area contributed by atoms with Gasteiger partial charge in [-0.2, -0.15) is 0 Å². The molecule has 0 atom stereocenters. The molecule has 0 aliphatic heterocycles. The van der Waals surface area contributed by atoms with E-state index in [4.69, 9.17) is 5.73 Å². The Bertz CT molecular complexity index is 367. The number of anilines is 1. The molecule has 3 nitrogen and oxygen atoms in total. The predicted molar refractivity (Wildman–Crippen MR) is 70.9 cm³/mol. The maximum absolute atomic E-state index is 5.77. The molecule has 1 aromatic rings. The van der Waals surface area contributed by atoms with E-state index in [1.165, 1.54) is 5.56 Å². The SMILES string of the molecule is CC(C)N=C(N)Nc1cccc(C(C)C)c1. The first-order valence-electron chi connectivity index (χ1n) is 5.69. The Morgan fingerprint density at radius 1 is 1.25 bits per heavy atom. The first-order chi connectivity index (χ1) is 7.49. The van der Waals surface area contributed by atoms with Crippen LogP contribution in [0.2, 0.25) is 0 Å². The third-order valence-electron chi connectivity index (χ3n) is 2.22. The molecule has 0 radical (unpaired) electrons. The summed E-state index contributed by atoms with van der Waals surface area (Å²) < 4.78 is 0. The standard InChI is InChI=1S/C13H21N3/c1-9(2)11-6-5-7-12(8-11)16-13(14)15-10(3)4/h5-10H,1-4H3,(H3,14,15,16). The van der Waals surface area contributed by atoms with E-state index in [0.29, 0.717) is 11.9 Å². The van der Waals surface area contributed by atoms with Gasteiger partial charge >= 0.3 is 0 Å². The summed E-state index contributed by atoms with van der Waals surface area (Å²) in [5.74, 6) is 0.987. The number of rotatable bonds is 3. The van der Waals surface area contributed by atoms with E-state index < -0.39 is 0 Å². The summed E-state index contributed by atoms with van der Waals surface area (Å²) in [4.78, 5) is 4.23. The lowest BCUT2D eigenvalue weighted by molar-refractivity contribution is 0.833. The van der Waals surface area contributed by atoms with E-state index in [9.17, 15) is 0 Å². The number of hydrogen-bond acceptors (Lipinski definition) is 1. The fourth-order valence-corrected chi connectivity index (χ4v) is 1.43. The minimum atomic E-state index is 0.209. The van der Waals surface area contributed by atoms with Crippen molar-refractivity contribution in [1.29, 1.82) is 0 Å². The van der Waals surface area contributed by atoms with Gasteiger partial charge < -0.3 is 11.1 Å². The first kappa shape index (κ1) is 12.6. The molecule has 1 rings (SSSR count). The fourth-order valence-electron chi connectivity index (χ4n) is 1.43. The zero-order valence-electron chi connectivity index (χ0n) is 10.5. The van der Waals surface area contributed by atoms with Crippen molar-refractivity contribution in [2.75, 3.05) is 5.32 Å². The molecule has 0 saturated heterocycles. The van der Waals surface area contributed by atoms with Crippen molar-refractivity contribution >= 4 is 11.6 Å². The minimum absolute atomic E-state index is 0.209. The maximum atomic E-state index is 5.77. The highest BCUT2D eigenvalue weighted by Gasteiger charge is 2.01. The third kappa shape index (κ3) is 3.93. The summed E-state index contributed by atoms with van der Waals surface area (Å²) in [7, 11) is 0. The van der Waals surface area contributed by atoms with Gasteiger partial charge in [-0.1, -0.05) is 26.0 Å². The zero-order valence-corrected chi connectivity index (χ0v) is 10.5. The van der Waals surface area contributed by atoms with Crippen molar-refractivity contribution in [3.8, 4) is 0 Å². The molecule has 0 fully saturated rings. The predicted octanol–water partition coefficient (Wildman–Crippen LogP) is 2.95. The molecule has 0 spiro atoms. The van der Waals surface area contributed by atoms with Crippen LogP contribution in [0.15, 0.2) is 29.3 Å². The Hall–Kier alpha value is -1.51. The molecule has 0 aromatic heterocycles. The van der Waals surface area contributed by atoms with Gasteiger partial charge in [-0.3, -0.25) is 4.99 Å². The molecule has 0 heterocycles. The van der Waals surface area contributed by atoms with Gasteiger partial charge in [-0.25, -0.2) is 0 Å². The van der Waals surface area contributed by atoms with Crippen molar-refractivity contribution in [1.82, 2.24) is 0 Å². The largest absolute Gasteiger partial charge is 0.370 e. The van der Waals surface area contributed by atoms with Crippen LogP contribution in [-0.4, -0.2) is 12.0 Å². The summed E-state index contributed by atoms with van der Waals surface area (Å²) in [6, 6.07) is 8.45. The number of guanidine groups is 1. The zero-order chi connectivity index (χ0) is 12.1.